The maximum atomic E-state index is 8.00. The summed E-state index contributed by atoms with van der Waals surface area (Å²) in [7, 11) is 0. The molecule has 3 heteroatoms. The van der Waals surface area contributed by atoms with E-state index >= 15 is 0 Å². The molecule has 0 bridgehead atoms. The molecular weight excluding hydrogens is 56.0 g/mol. The van der Waals surface area contributed by atoms with Gasteiger partial charge >= 0.3 is 0 Å². The molecule has 0 unspecified atom stereocenters. The van der Waals surface area contributed by atoms with Gasteiger partial charge in [-0.05, 0) is 0 Å². The molecule has 0 amide bonds. The zero-order valence-electron chi connectivity index (χ0n) is 2.27. The fourth-order valence-corrected chi connectivity index (χ4v) is 0. The van der Waals surface area contributed by atoms with E-state index in [1.807, 2.05) is 6.79 Å². The molecule has 0 rings (SSSR count). The van der Waals surface area contributed by atoms with E-state index < -0.39 is 0 Å². The number of hydrogen-bond donors (Lipinski definition) is 2. The van der Waals surface area contributed by atoms with Crippen LogP contribution in [-0.2, 0) is 4.79 Å². The predicted molar refractivity (Wildman–Crippen MR) is 15.5 cm³/mol. The van der Waals surface area contributed by atoms with Gasteiger partial charge < -0.3 is 4.79 Å². The van der Waals surface area contributed by atoms with Crippen molar-refractivity contribution >= 4 is 6.79 Å². The Morgan fingerprint density at radius 2 is 1.25 bits per heavy atom. The van der Waals surface area contributed by atoms with Gasteiger partial charge in [0, 0.05) is 0 Å². The quantitative estimate of drug-likeness (QED) is 0.269. The maximum Gasteiger partial charge on any atom is 0.106 e. The third-order valence-electron chi connectivity index (χ3n) is 0. The molecule has 4 heavy (non-hydrogen) atoms. The van der Waals surface area contributed by atoms with E-state index in [-0.39, 0.29) is 0 Å². The molecular formula is CH6N2O. The van der Waals surface area contributed by atoms with Crippen LogP contribution in [0.25, 0.3) is 0 Å². The van der Waals surface area contributed by atoms with Crippen LogP contribution >= 0.6 is 0 Å². The first-order valence-corrected chi connectivity index (χ1v) is 0.622. The Morgan fingerprint density at radius 1 is 1.25 bits per heavy atom. The zero-order chi connectivity index (χ0) is 4.00. The maximum absolute atomic E-state index is 8.00. The normalized spacial score (nSPS) is 2.50. The van der Waals surface area contributed by atoms with Crippen LogP contribution in [0.5, 0.6) is 0 Å². The summed E-state index contributed by atoms with van der Waals surface area (Å²) in [5, 5.41) is 0. The Labute approximate surface area is 24.6 Å². The summed E-state index contributed by atoms with van der Waals surface area (Å²) in [6.45, 7) is 2.00. The van der Waals surface area contributed by atoms with E-state index in [1.165, 1.54) is 0 Å². The minimum Gasteiger partial charge on any atom is -0.307 e. The third kappa shape index (κ3) is 3.29. The Bertz CT molecular complexity index is 6.00. The summed E-state index contributed by atoms with van der Waals surface area (Å²) < 4.78 is 0. The van der Waals surface area contributed by atoms with Crippen molar-refractivity contribution in [1.82, 2.24) is 0 Å². The van der Waals surface area contributed by atoms with Gasteiger partial charge in [0.1, 0.15) is 6.79 Å². The molecule has 0 atom stereocenters. The molecule has 0 aliphatic carbocycles. The van der Waals surface area contributed by atoms with Crippen molar-refractivity contribution in [3.05, 3.63) is 0 Å². The summed E-state index contributed by atoms with van der Waals surface area (Å²) in [4.78, 5) is 8.00. The van der Waals surface area contributed by atoms with Gasteiger partial charge in [-0.25, -0.2) is 0 Å². The second-order valence-electron chi connectivity index (χ2n) is 0. The van der Waals surface area contributed by atoms with Gasteiger partial charge in [-0.15, -0.1) is 0 Å². The fraction of sp³-hybridized carbons (Fsp3) is 0. The SMILES string of the molecule is C=O.NN. The lowest BCUT2D eigenvalue weighted by Gasteiger charge is -1.27. The van der Waals surface area contributed by atoms with E-state index in [9.17, 15) is 0 Å². The molecule has 4 N–H and O–H groups in total. The number of carbonyl (C=O) groups excluding carboxylic acids is 1. The lowest BCUT2D eigenvalue weighted by Crippen LogP contribution is -2.02. The summed E-state index contributed by atoms with van der Waals surface area (Å²) >= 11 is 0. The predicted octanol–water partition coefficient (Wildman–Crippen LogP) is -1.37. The molecule has 0 radical (unpaired) electrons. The monoisotopic (exact) mass is 62.0 g/mol. The molecule has 3 nitrogen and oxygen atoms in total. The molecule has 0 aromatic heterocycles. The van der Waals surface area contributed by atoms with Crippen molar-refractivity contribution in [2.45, 2.75) is 0 Å². The minimum absolute atomic E-state index is 2.00. The Kier molecular flexibility index (Phi) is 92.8. The van der Waals surface area contributed by atoms with E-state index in [2.05, 4.69) is 11.7 Å². The third-order valence-corrected chi connectivity index (χ3v) is 0. The summed E-state index contributed by atoms with van der Waals surface area (Å²) in [5.41, 5.74) is 0. The fourth-order valence-electron chi connectivity index (χ4n) is 0. The average molecular weight is 62.1 g/mol. The molecule has 0 aromatic rings. The highest BCUT2D eigenvalue weighted by Gasteiger charge is 0.726. The molecule has 26 valence electrons. The number of hydrogen-bond acceptors (Lipinski definition) is 3. The minimum atomic E-state index is 2.00. The van der Waals surface area contributed by atoms with Crippen LogP contribution in [0, 0.1) is 0 Å². The smallest absolute Gasteiger partial charge is 0.106 e. The molecule has 0 fully saturated rings. The molecule has 0 aliphatic heterocycles. The van der Waals surface area contributed by atoms with Crippen LogP contribution in [0.2, 0.25) is 0 Å². The summed E-state index contributed by atoms with van der Waals surface area (Å²) in [6.07, 6.45) is 0. The van der Waals surface area contributed by atoms with Crippen molar-refractivity contribution < 1.29 is 4.79 Å². The first-order valence-electron chi connectivity index (χ1n) is 0.622. The van der Waals surface area contributed by atoms with Gasteiger partial charge in [0.05, 0.1) is 0 Å². The van der Waals surface area contributed by atoms with Crippen molar-refractivity contribution in [3.63, 3.8) is 0 Å². The number of carbonyl (C=O) groups is 1. The van der Waals surface area contributed by atoms with Crippen LogP contribution in [0.1, 0.15) is 0 Å². The Hall–Kier alpha value is -0.410. The lowest BCUT2D eigenvalue weighted by atomic mass is 11.9. The molecule has 0 aliphatic rings. The first kappa shape index (κ1) is 9.53. The average Bonchev–Trinajstić information content (AvgIpc) is 1.50. The van der Waals surface area contributed by atoms with Gasteiger partial charge in [-0.3, -0.25) is 11.7 Å². The highest BCUT2D eigenvalue weighted by molar-refractivity contribution is 5.10. The molecule has 0 saturated heterocycles. The van der Waals surface area contributed by atoms with Gasteiger partial charge in [0.25, 0.3) is 0 Å². The highest BCUT2D eigenvalue weighted by atomic mass is 16.1. The van der Waals surface area contributed by atoms with Crippen LogP contribution in [0.4, 0.5) is 0 Å². The van der Waals surface area contributed by atoms with Crippen molar-refractivity contribution in [3.8, 4) is 0 Å². The standard InChI is InChI=1S/CH2O.H4N2/c2*1-2/h1H2;1-2H2. The second kappa shape index (κ2) is 39.0. The van der Waals surface area contributed by atoms with E-state index in [0.29, 0.717) is 0 Å². The summed E-state index contributed by atoms with van der Waals surface area (Å²) in [5.74, 6) is 8.00. The summed E-state index contributed by atoms with van der Waals surface area (Å²) in [6, 6.07) is 0. The zero-order valence-corrected chi connectivity index (χ0v) is 2.27. The second-order valence-corrected chi connectivity index (χ2v) is 0. The largest absolute Gasteiger partial charge is 0.307 e. The van der Waals surface area contributed by atoms with E-state index in [0.717, 1.165) is 0 Å². The van der Waals surface area contributed by atoms with Gasteiger partial charge in [0.15, 0.2) is 0 Å². The van der Waals surface area contributed by atoms with Crippen molar-refractivity contribution in [1.29, 1.82) is 0 Å². The lowest BCUT2D eigenvalue weighted by molar-refractivity contribution is -0.0979. The Balaban J connectivity index is 0. The molecule has 0 saturated carbocycles. The number of rotatable bonds is 0. The van der Waals surface area contributed by atoms with Crippen LogP contribution in [-0.4, -0.2) is 6.79 Å². The van der Waals surface area contributed by atoms with Crippen molar-refractivity contribution in [2.24, 2.45) is 11.7 Å². The van der Waals surface area contributed by atoms with Gasteiger partial charge in [-0.2, -0.15) is 0 Å². The Morgan fingerprint density at radius 3 is 1.25 bits per heavy atom. The first-order chi connectivity index (χ1) is 2.00. The highest BCUT2D eigenvalue weighted by Crippen LogP contribution is 0.494. The number of nitrogens with two attached hydrogens (primary N) is 2. The van der Waals surface area contributed by atoms with Crippen LogP contribution in [0.15, 0.2) is 0 Å². The molecule has 0 spiro atoms. The molecule has 0 aromatic carbocycles. The number of hydrazine groups is 1. The van der Waals surface area contributed by atoms with Gasteiger partial charge in [-0.1, -0.05) is 0 Å². The van der Waals surface area contributed by atoms with E-state index in [4.69, 9.17) is 4.79 Å². The van der Waals surface area contributed by atoms with Crippen LogP contribution in [0.3, 0.4) is 0 Å². The topological polar surface area (TPSA) is 69.1 Å². The molecule has 0 heterocycles. The van der Waals surface area contributed by atoms with Gasteiger partial charge in [0.2, 0.25) is 0 Å². The van der Waals surface area contributed by atoms with Crippen molar-refractivity contribution in [2.75, 3.05) is 0 Å². The van der Waals surface area contributed by atoms with E-state index in [1.54, 1.807) is 0 Å². The van der Waals surface area contributed by atoms with Crippen LogP contribution < -0.4 is 11.7 Å².